The van der Waals surface area contributed by atoms with Crippen molar-refractivity contribution in [1.29, 1.82) is 0 Å². The monoisotopic (exact) mass is 403 g/mol. The Hall–Kier alpha value is -0.0200. The van der Waals surface area contributed by atoms with Gasteiger partial charge >= 0.3 is 8.69 Å². The first-order chi connectivity index (χ1) is 13.2. The first-order valence-electron chi connectivity index (χ1n) is 11.6. The molecule has 2 N–H and O–H groups in total. The Kier molecular flexibility index (Phi) is 22.3. The molecule has 0 heterocycles. The fraction of sp³-hybridized carbons (Fsp3) is 1.00. The second-order valence-electron chi connectivity index (χ2n) is 7.90. The van der Waals surface area contributed by atoms with Gasteiger partial charge in [-0.1, -0.05) is 110 Å². The van der Waals surface area contributed by atoms with Gasteiger partial charge in [0.05, 0.1) is 0 Å². The van der Waals surface area contributed by atoms with Gasteiger partial charge in [-0.25, -0.2) is 4.57 Å². The number of rotatable bonds is 22. The highest BCUT2D eigenvalue weighted by atomic mass is 31.1. The molecule has 0 fully saturated rings. The summed E-state index contributed by atoms with van der Waals surface area (Å²) in [7, 11) is -0.336. The lowest BCUT2D eigenvalue weighted by Gasteiger charge is -2.16. The summed E-state index contributed by atoms with van der Waals surface area (Å²) in [4.78, 5) is 0. The fourth-order valence-electron chi connectivity index (χ4n) is 3.47. The lowest BCUT2D eigenvalue weighted by atomic mass is 10.0. The van der Waals surface area contributed by atoms with Crippen molar-refractivity contribution >= 4 is 8.69 Å². The Labute approximate surface area is 170 Å². The van der Waals surface area contributed by atoms with Crippen LogP contribution in [0.15, 0.2) is 0 Å². The Bertz CT molecular complexity index is 303. The zero-order valence-corrected chi connectivity index (χ0v) is 19.0. The molecule has 5 heteroatoms. The van der Waals surface area contributed by atoms with Crippen LogP contribution in [0, 0.1) is 0 Å². The third-order valence-electron chi connectivity index (χ3n) is 5.07. The summed E-state index contributed by atoms with van der Waals surface area (Å²) in [5, 5.41) is 0. The summed E-state index contributed by atoms with van der Waals surface area (Å²) in [6, 6.07) is 0. The van der Waals surface area contributed by atoms with Gasteiger partial charge in [-0.2, -0.15) is 0 Å². The van der Waals surface area contributed by atoms with Gasteiger partial charge in [0.2, 0.25) is 0 Å². The largest absolute Gasteiger partial charge is 0.334 e. The van der Waals surface area contributed by atoms with Crippen molar-refractivity contribution in [1.82, 2.24) is 0 Å². The molecule has 0 spiro atoms. The molecule has 0 aromatic carbocycles. The van der Waals surface area contributed by atoms with E-state index in [2.05, 4.69) is 6.92 Å². The number of hydrogen-bond acceptors (Lipinski definition) is 4. The van der Waals surface area contributed by atoms with E-state index in [0.29, 0.717) is 0 Å². The van der Waals surface area contributed by atoms with E-state index >= 15 is 0 Å². The van der Waals surface area contributed by atoms with Crippen molar-refractivity contribution in [3.63, 3.8) is 0 Å². The topological polar surface area (TPSA) is 61.5 Å². The van der Waals surface area contributed by atoms with Crippen LogP contribution in [-0.2, 0) is 13.8 Å². The van der Waals surface area contributed by atoms with Crippen LogP contribution in [0.25, 0.3) is 0 Å². The molecule has 2 unspecified atom stereocenters. The molecule has 27 heavy (non-hydrogen) atoms. The molecule has 0 aromatic rings. The van der Waals surface area contributed by atoms with Gasteiger partial charge in [0.25, 0.3) is 0 Å². The zero-order valence-electron chi connectivity index (χ0n) is 18.1. The molecule has 0 aliphatic rings. The third-order valence-corrected chi connectivity index (χ3v) is 5.39. The molecular weight excluding hydrogens is 357 g/mol. The summed E-state index contributed by atoms with van der Waals surface area (Å²) in [6.45, 7) is 4.04. The predicted molar refractivity (Wildman–Crippen MR) is 116 cm³/mol. The lowest BCUT2D eigenvalue weighted by Crippen LogP contribution is -2.26. The molecule has 0 rings (SSSR count). The van der Waals surface area contributed by atoms with Gasteiger partial charge < -0.3 is 10.5 Å². The minimum absolute atomic E-state index is 0.336. The fourth-order valence-corrected chi connectivity index (χ4v) is 3.72. The van der Waals surface area contributed by atoms with Crippen LogP contribution in [0.3, 0.4) is 0 Å². The van der Waals surface area contributed by atoms with Crippen molar-refractivity contribution in [2.24, 2.45) is 5.73 Å². The van der Waals surface area contributed by atoms with E-state index < -0.39 is 6.29 Å². The third kappa shape index (κ3) is 22.1. The summed E-state index contributed by atoms with van der Waals surface area (Å²) >= 11 is 0. The van der Waals surface area contributed by atoms with Crippen LogP contribution >= 0.6 is 8.69 Å². The highest BCUT2D eigenvalue weighted by Crippen LogP contribution is 2.17. The predicted octanol–water partition coefficient (Wildman–Crippen LogP) is 7.90. The van der Waals surface area contributed by atoms with Gasteiger partial charge in [0.15, 0.2) is 6.29 Å². The maximum absolute atomic E-state index is 10.5. The Morgan fingerprint density at radius 3 is 1.41 bits per heavy atom. The van der Waals surface area contributed by atoms with Gasteiger partial charge in [0, 0.05) is 0 Å². The van der Waals surface area contributed by atoms with E-state index in [0.717, 1.165) is 12.8 Å². The van der Waals surface area contributed by atoms with Crippen LogP contribution in [0.5, 0.6) is 0 Å². The van der Waals surface area contributed by atoms with E-state index in [1.54, 1.807) is 6.92 Å². The van der Waals surface area contributed by atoms with Crippen LogP contribution in [-0.4, -0.2) is 12.5 Å². The minimum atomic E-state index is -0.444. The molecule has 2 atom stereocenters. The Morgan fingerprint density at radius 1 is 0.704 bits per heavy atom. The molecule has 162 valence electrons. The quantitative estimate of drug-likeness (QED) is 0.113. The molecule has 0 saturated carbocycles. The summed E-state index contributed by atoms with van der Waals surface area (Å²) in [5.41, 5.74) is 5.58. The molecule has 0 aromatic heterocycles. The molecule has 0 radical (unpaired) electrons. The molecule has 0 aliphatic carbocycles. The molecular formula is C22H46NO3P. The van der Waals surface area contributed by atoms with Gasteiger partial charge in [-0.05, 0) is 19.8 Å². The average molecular weight is 404 g/mol. The van der Waals surface area contributed by atoms with E-state index in [4.69, 9.17) is 15.0 Å². The highest BCUT2D eigenvalue weighted by molar-refractivity contribution is 7.17. The molecule has 0 saturated heterocycles. The summed E-state index contributed by atoms with van der Waals surface area (Å²) in [6.07, 6.45) is 23.1. The van der Waals surface area contributed by atoms with Crippen LogP contribution in [0.1, 0.15) is 129 Å². The van der Waals surface area contributed by atoms with Crippen molar-refractivity contribution in [3.8, 4) is 0 Å². The van der Waals surface area contributed by atoms with Gasteiger partial charge in [-0.15, -0.1) is 0 Å². The summed E-state index contributed by atoms with van der Waals surface area (Å²) in [5.74, 6) is 0. The molecule has 0 amide bonds. The van der Waals surface area contributed by atoms with E-state index in [1.807, 2.05) is 0 Å². The van der Waals surface area contributed by atoms with Gasteiger partial charge in [0.1, 0.15) is 6.23 Å². The van der Waals surface area contributed by atoms with Crippen molar-refractivity contribution < 1.29 is 13.8 Å². The van der Waals surface area contributed by atoms with Crippen molar-refractivity contribution in [2.75, 3.05) is 0 Å². The number of hydrogen-bond donors (Lipinski definition) is 1. The van der Waals surface area contributed by atoms with E-state index in [1.165, 1.54) is 103 Å². The number of ether oxygens (including phenoxy) is 1. The standard InChI is InChI=1S/C22H46NO3P/c1-3-4-5-6-7-8-9-10-11-12-13-14-15-16-17-18-19-20-22(26-27-24)25-21(2)23/h21-22H,3-20,23H2,1-2H3. The van der Waals surface area contributed by atoms with Crippen LogP contribution in [0.2, 0.25) is 0 Å². The average Bonchev–Trinajstić information content (AvgIpc) is 2.64. The van der Waals surface area contributed by atoms with Crippen molar-refractivity contribution in [3.05, 3.63) is 0 Å². The van der Waals surface area contributed by atoms with Gasteiger partial charge in [-0.3, -0.25) is 4.52 Å². The SMILES string of the molecule is CCCCCCCCCCCCCCCCCCCC(OP=O)OC(C)N. The van der Waals surface area contributed by atoms with Crippen LogP contribution in [0.4, 0.5) is 0 Å². The molecule has 0 aliphatic heterocycles. The maximum Gasteiger partial charge on any atom is 0.329 e. The summed E-state index contributed by atoms with van der Waals surface area (Å²) < 4.78 is 20.9. The minimum Gasteiger partial charge on any atom is -0.334 e. The van der Waals surface area contributed by atoms with Crippen LogP contribution < -0.4 is 5.73 Å². The normalized spacial score (nSPS) is 13.9. The Balaban J connectivity index is 3.21. The second-order valence-corrected chi connectivity index (χ2v) is 8.26. The van der Waals surface area contributed by atoms with E-state index in [9.17, 15) is 4.57 Å². The number of unbranched alkanes of at least 4 members (excludes halogenated alkanes) is 16. The first kappa shape index (κ1) is 27.0. The Morgan fingerprint density at radius 2 is 1.07 bits per heavy atom. The lowest BCUT2D eigenvalue weighted by molar-refractivity contribution is -0.110. The van der Waals surface area contributed by atoms with E-state index in [-0.39, 0.29) is 14.9 Å². The smallest absolute Gasteiger partial charge is 0.329 e. The van der Waals surface area contributed by atoms with Crippen molar-refractivity contribution in [2.45, 2.75) is 142 Å². The molecule has 4 nitrogen and oxygen atoms in total. The first-order valence-corrected chi connectivity index (χ1v) is 12.3. The second kappa shape index (κ2) is 22.3. The zero-order chi connectivity index (χ0) is 20.0. The maximum atomic E-state index is 10.5. The highest BCUT2D eigenvalue weighted by Gasteiger charge is 2.11. The molecule has 0 bridgehead atoms. The number of nitrogens with two attached hydrogens (primary N) is 1.